The first-order valence-electron chi connectivity index (χ1n) is 7.29. The van der Waals surface area contributed by atoms with E-state index < -0.39 is 0 Å². The van der Waals surface area contributed by atoms with Gasteiger partial charge in [0.1, 0.15) is 0 Å². The molecule has 0 bridgehead atoms. The molecule has 104 valence electrons. The molecule has 2 rings (SSSR count). The number of fused-ring (bicyclic) bond motifs is 1. The molecule has 1 amide bonds. The molecule has 0 radical (unpaired) electrons. The second-order valence-corrected chi connectivity index (χ2v) is 5.73. The predicted molar refractivity (Wildman–Crippen MR) is 79.3 cm³/mol. The first kappa shape index (κ1) is 14.1. The van der Waals surface area contributed by atoms with Crippen LogP contribution in [0.2, 0.25) is 0 Å². The van der Waals surface area contributed by atoms with Gasteiger partial charge < -0.3 is 10.6 Å². The largest absolute Gasteiger partial charge is 0.324 e. The summed E-state index contributed by atoms with van der Waals surface area (Å²) in [5.74, 6) is 0.837. The molecule has 0 saturated carbocycles. The van der Waals surface area contributed by atoms with Gasteiger partial charge >= 0.3 is 0 Å². The summed E-state index contributed by atoms with van der Waals surface area (Å²) in [6.45, 7) is 5.39. The second-order valence-electron chi connectivity index (χ2n) is 5.73. The standard InChI is InChI=1S/C16H24N2O/c1-12(2)6-5-11-17-15-10-9-13-7-3-4-8-14(13)18-16(15)19/h3-4,7-8,12,15,17H,5-6,9-11H2,1-2H3,(H,18,19). The van der Waals surface area contributed by atoms with Crippen LogP contribution in [0.3, 0.4) is 0 Å². The van der Waals surface area contributed by atoms with Gasteiger partial charge in [-0.15, -0.1) is 0 Å². The zero-order valence-electron chi connectivity index (χ0n) is 11.9. The van der Waals surface area contributed by atoms with Crippen molar-refractivity contribution >= 4 is 11.6 Å². The molecule has 1 aliphatic heterocycles. The van der Waals surface area contributed by atoms with E-state index in [-0.39, 0.29) is 11.9 Å². The van der Waals surface area contributed by atoms with Gasteiger partial charge in [-0.25, -0.2) is 0 Å². The zero-order valence-corrected chi connectivity index (χ0v) is 11.9. The fraction of sp³-hybridized carbons (Fsp3) is 0.562. The smallest absolute Gasteiger partial charge is 0.241 e. The number of aryl methyl sites for hydroxylation is 1. The van der Waals surface area contributed by atoms with Gasteiger partial charge in [-0.1, -0.05) is 32.0 Å². The monoisotopic (exact) mass is 260 g/mol. The Morgan fingerprint density at radius 1 is 1.37 bits per heavy atom. The molecule has 0 saturated heterocycles. The Morgan fingerprint density at radius 2 is 2.16 bits per heavy atom. The van der Waals surface area contributed by atoms with Gasteiger partial charge in [0.2, 0.25) is 5.91 Å². The van der Waals surface area contributed by atoms with E-state index in [0.717, 1.165) is 37.4 Å². The third kappa shape index (κ3) is 4.06. The van der Waals surface area contributed by atoms with Crippen molar-refractivity contribution in [1.82, 2.24) is 5.32 Å². The van der Waals surface area contributed by atoms with E-state index in [1.807, 2.05) is 18.2 Å². The number of amides is 1. The molecule has 1 aromatic carbocycles. The number of benzene rings is 1. The van der Waals surface area contributed by atoms with Crippen molar-refractivity contribution in [2.24, 2.45) is 5.92 Å². The quantitative estimate of drug-likeness (QED) is 0.799. The van der Waals surface area contributed by atoms with E-state index in [9.17, 15) is 4.79 Å². The number of carbonyl (C=O) groups is 1. The van der Waals surface area contributed by atoms with Gasteiger partial charge in [0.25, 0.3) is 0 Å². The molecule has 0 aliphatic carbocycles. The van der Waals surface area contributed by atoms with Crippen LogP contribution >= 0.6 is 0 Å². The van der Waals surface area contributed by atoms with Crippen LogP contribution in [0, 0.1) is 5.92 Å². The summed E-state index contributed by atoms with van der Waals surface area (Å²) in [6, 6.07) is 8.02. The molecular weight excluding hydrogens is 236 g/mol. The van der Waals surface area contributed by atoms with E-state index in [2.05, 4.69) is 30.5 Å². The highest BCUT2D eigenvalue weighted by Gasteiger charge is 2.22. The van der Waals surface area contributed by atoms with Crippen LogP contribution in [0.25, 0.3) is 0 Å². The van der Waals surface area contributed by atoms with E-state index in [0.29, 0.717) is 0 Å². The van der Waals surface area contributed by atoms with Crippen LogP contribution in [0.5, 0.6) is 0 Å². The Kier molecular flexibility index (Phi) is 4.97. The number of para-hydroxylation sites is 1. The SMILES string of the molecule is CC(C)CCCNC1CCc2ccccc2NC1=O. The maximum absolute atomic E-state index is 12.1. The van der Waals surface area contributed by atoms with Gasteiger partial charge in [0, 0.05) is 5.69 Å². The molecule has 2 N–H and O–H groups in total. The van der Waals surface area contributed by atoms with E-state index in [4.69, 9.17) is 0 Å². The maximum atomic E-state index is 12.1. The minimum absolute atomic E-state index is 0.0560. The topological polar surface area (TPSA) is 41.1 Å². The van der Waals surface area contributed by atoms with Crippen molar-refractivity contribution in [3.05, 3.63) is 29.8 Å². The van der Waals surface area contributed by atoms with Gasteiger partial charge in [-0.2, -0.15) is 0 Å². The average molecular weight is 260 g/mol. The summed E-state index contributed by atoms with van der Waals surface area (Å²) in [7, 11) is 0. The van der Waals surface area contributed by atoms with Gasteiger partial charge in [0.05, 0.1) is 6.04 Å². The van der Waals surface area contributed by atoms with Crippen LogP contribution in [0.1, 0.15) is 38.7 Å². The van der Waals surface area contributed by atoms with Crippen molar-refractivity contribution in [1.29, 1.82) is 0 Å². The Morgan fingerprint density at radius 3 is 2.95 bits per heavy atom. The number of hydrogen-bond acceptors (Lipinski definition) is 2. The van der Waals surface area contributed by atoms with Crippen molar-refractivity contribution in [2.75, 3.05) is 11.9 Å². The lowest BCUT2D eigenvalue weighted by atomic mass is 10.1. The Hall–Kier alpha value is -1.35. The van der Waals surface area contributed by atoms with Crippen molar-refractivity contribution < 1.29 is 4.79 Å². The summed E-state index contributed by atoms with van der Waals surface area (Å²) in [4.78, 5) is 12.1. The average Bonchev–Trinajstić information content (AvgIpc) is 2.53. The summed E-state index contributed by atoms with van der Waals surface area (Å²) in [5.41, 5.74) is 2.21. The molecule has 0 fully saturated rings. The lowest BCUT2D eigenvalue weighted by molar-refractivity contribution is -0.118. The predicted octanol–water partition coefficient (Wildman–Crippen LogP) is 2.97. The van der Waals surface area contributed by atoms with Crippen molar-refractivity contribution in [3.63, 3.8) is 0 Å². The van der Waals surface area contributed by atoms with E-state index in [1.54, 1.807) is 0 Å². The normalized spacial score (nSPS) is 18.9. The summed E-state index contributed by atoms with van der Waals surface area (Å²) in [5, 5.41) is 6.41. The van der Waals surface area contributed by atoms with E-state index in [1.165, 1.54) is 12.0 Å². The summed E-state index contributed by atoms with van der Waals surface area (Å²) < 4.78 is 0. The Balaban J connectivity index is 1.86. The lowest BCUT2D eigenvalue weighted by Crippen LogP contribution is -2.40. The molecule has 19 heavy (non-hydrogen) atoms. The van der Waals surface area contributed by atoms with Crippen molar-refractivity contribution in [3.8, 4) is 0 Å². The fourth-order valence-electron chi connectivity index (χ4n) is 2.49. The van der Waals surface area contributed by atoms with Gasteiger partial charge in [0.15, 0.2) is 0 Å². The van der Waals surface area contributed by atoms with Gasteiger partial charge in [-0.05, 0) is 49.8 Å². The van der Waals surface area contributed by atoms with Crippen LogP contribution in [0.4, 0.5) is 5.69 Å². The van der Waals surface area contributed by atoms with Gasteiger partial charge in [-0.3, -0.25) is 4.79 Å². The van der Waals surface area contributed by atoms with Crippen LogP contribution in [-0.2, 0) is 11.2 Å². The first-order valence-corrected chi connectivity index (χ1v) is 7.29. The number of hydrogen-bond donors (Lipinski definition) is 2. The van der Waals surface area contributed by atoms with Crippen molar-refractivity contribution in [2.45, 2.75) is 45.6 Å². The molecule has 3 nitrogen and oxygen atoms in total. The maximum Gasteiger partial charge on any atom is 0.241 e. The minimum Gasteiger partial charge on any atom is -0.324 e. The molecule has 1 unspecified atom stereocenters. The Labute approximate surface area is 115 Å². The summed E-state index contributed by atoms with van der Waals surface area (Å²) in [6.07, 6.45) is 4.18. The number of carbonyl (C=O) groups excluding carboxylic acids is 1. The van der Waals surface area contributed by atoms with E-state index >= 15 is 0 Å². The fourth-order valence-corrected chi connectivity index (χ4v) is 2.49. The second kappa shape index (κ2) is 6.71. The zero-order chi connectivity index (χ0) is 13.7. The van der Waals surface area contributed by atoms with Crippen LogP contribution in [0.15, 0.2) is 24.3 Å². The lowest BCUT2D eigenvalue weighted by Gasteiger charge is -2.15. The number of rotatable bonds is 5. The molecular formula is C16H24N2O. The molecule has 3 heteroatoms. The highest BCUT2D eigenvalue weighted by Crippen LogP contribution is 2.21. The highest BCUT2D eigenvalue weighted by molar-refractivity contribution is 5.96. The molecule has 1 aliphatic rings. The molecule has 1 atom stereocenters. The number of anilines is 1. The molecule has 1 aromatic rings. The van der Waals surface area contributed by atoms with Crippen LogP contribution < -0.4 is 10.6 Å². The minimum atomic E-state index is -0.0560. The third-order valence-corrected chi connectivity index (χ3v) is 3.64. The third-order valence-electron chi connectivity index (χ3n) is 3.64. The highest BCUT2D eigenvalue weighted by atomic mass is 16.2. The molecule has 0 spiro atoms. The summed E-state index contributed by atoms with van der Waals surface area (Å²) >= 11 is 0. The number of nitrogens with one attached hydrogen (secondary N) is 2. The molecule has 0 aromatic heterocycles. The Bertz CT molecular complexity index is 429. The van der Waals surface area contributed by atoms with Crippen LogP contribution in [-0.4, -0.2) is 18.5 Å². The molecule has 1 heterocycles. The first-order chi connectivity index (χ1) is 9.16.